The number of rotatable bonds is 6. The van der Waals surface area contributed by atoms with Crippen molar-refractivity contribution in [3.05, 3.63) is 23.2 Å². The van der Waals surface area contributed by atoms with E-state index in [-0.39, 0.29) is 34.2 Å². The van der Waals surface area contributed by atoms with Gasteiger partial charge in [-0.25, -0.2) is 13.1 Å². The van der Waals surface area contributed by atoms with Crippen LogP contribution in [-0.2, 0) is 19.6 Å². The number of nitrogens with one attached hydrogen (secondary N) is 1. The van der Waals surface area contributed by atoms with Gasteiger partial charge in [-0.15, -0.1) is 0 Å². The lowest BCUT2D eigenvalue weighted by Gasteiger charge is -2.26. The SMILES string of the molecule is O=C(COc1ccc(S(=O)(=O)NC2CCCCC2)cc1Cl)N1CCOCC1. The highest BCUT2D eigenvalue weighted by Gasteiger charge is 2.23. The molecule has 3 rings (SSSR count). The molecule has 7 nitrogen and oxygen atoms in total. The summed E-state index contributed by atoms with van der Waals surface area (Å²) in [5.41, 5.74) is 0. The molecule has 1 aliphatic heterocycles. The number of carbonyl (C=O) groups is 1. The molecule has 9 heteroatoms. The van der Waals surface area contributed by atoms with Crippen molar-refractivity contribution < 1.29 is 22.7 Å². The number of carbonyl (C=O) groups excluding carboxylic acids is 1. The molecule has 1 aromatic carbocycles. The molecule has 0 radical (unpaired) electrons. The number of benzene rings is 1. The highest BCUT2D eigenvalue weighted by molar-refractivity contribution is 7.89. The van der Waals surface area contributed by atoms with Gasteiger partial charge in [0.25, 0.3) is 5.91 Å². The molecule has 2 aliphatic rings. The Morgan fingerprint density at radius 1 is 1.22 bits per heavy atom. The molecule has 0 spiro atoms. The number of sulfonamides is 1. The van der Waals surface area contributed by atoms with Gasteiger partial charge in [0, 0.05) is 19.1 Å². The molecular weight excluding hydrogens is 392 g/mol. The van der Waals surface area contributed by atoms with E-state index in [0.29, 0.717) is 26.3 Å². The Bertz CT molecular complexity index is 759. The second-order valence-electron chi connectivity index (χ2n) is 6.83. The van der Waals surface area contributed by atoms with Crippen molar-refractivity contribution in [1.29, 1.82) is 0 Å². The van der Waals surface area contributed by atoms with Gasteiger partial charge in [0.1, 0.15) is 5.75 Å². The lowest BCUT2D eigenvalue weighted by atomic mass is 9.96. The standard InChI is InChI=1S/C18H25ClN2O5S/c19-16-12-15(27(23,24)20-14-4-2-1-3-5-14)6-7-17(16)26-13-18(22)21-8-10-25-11-9-21/h6-7,12,14,20H,1-5,8-11,13H2. The van der Waals surface area contributed by atoms with E-state index in [4.69, 9.17) is 21.1 Å². The van der Waals surface area contributed by atoms with E-state index in [1.807, 2.05) is 0 Å². The van der Waals surface area contributed by atoms with Gasteiger partial charge in [0.2, 0.25) is 10.0 Å². The van der Waals surface area contributed by atoms with Crippen molar-refractivity contribution in [1.82, 2.24) is 9.62 Å². The van der Waals surface area contributed by atoms with Crippen molar-refractivity contribution in [2.45, 2.75) is 43.0 Å². The van der Waals surface area contributed by atoms with E-state index >= 15 is 0 Å². The Morgan fingerprint density at radius 3 is 2.59 bits per heavy atom. The van der Waals surface area contributed by atoms with Crippen LogP contribution in [0.4, 0.5) is 0 Å². The Balaban J connectivity index is 1.60. The van der Waals surface area contributed by atoms with E-state index in [2.05, 4.69) is 4.72 Å². The average Bonchev–Trinajstić information content (AvgIpc) is 2.68. The second-order valence-corrected chi connectivity index (χ2v) is 8.95. The lowest BCUT2D eigenvalue weighted by Crippen LogP contribution is -2.43. The average molecular weight is 417 g/mol. The van der Waals surface area contributed by atoms with E-state index in [0.717, 1.165) is 32.1 Å². The van der Waals surface area contributed by atoms with Gasteiger partial charge < -0.3 is 14.4 Å². The van der Waals surface area contributed by atoms with Crippen molar-refractivity contribution in [3.8, 4) is 5.75 Å². The zero-order chi connectivity index (χ0) is 19.3. The molecule has 2 fully saturated rings. The number of nitrogens with zero attached hydrogens (tertiary/aromatic N) is 1. The van der Waals surface area contributed by atoms with Crippen LogP contribution in [0.25, 0.3) is 0 Å². The van der Waals surface area contributed by atoms with Crippen LogP contribution in [0.3, 0.4) is 0 Å². The maximum Gasteiger partial charge on any atom is 0.260 e. The Hall–Kier alpha value is -1.35. The predicted molar refractivity (Wildman–Crippen MR) is 102 cm³/mol. The molecule has 1 saturated heterocycles. The third kappa shape index (κ3) is 5.57. The van der Waals surface area contributed by atoms with Gasteiger partial charge >= 0.3 is 0 Å². The van der Waals surface area contributed by atoms with Gasteiger partial charge in [-0.05, 0) is 31.0 Å². The minimum atomic E-state index is -3.63. The molecule has 1 aliphatic carbocycles. The summed E-state index contributed by atoms with van der Waals surface area (Å²) in [4.78, 5) is 13.9. The van der Waals surface area contributed by atoms with Crippen LogP contribution in [0.1, 0.15) is 32.1 Å². The molecule has 1 N–H and O–H groups in total. The molecule has 1 heterocycles. The number of halogens is 1. The number of morpholine rings is 1. The van der Waals surface area contributed by atoms with E-state index in [9.17, 15) is 13.2 Å². The van der Waals surface area contributed by atoms with Gasteiger partial charge in [-0.2, -0.15) is 0 Å². The molecular formula is C18H25ClN2O5S. The first-order valence-electron chi connectivity index (χ1n) is 9.26. The van der Waals surface area contributed by atoms with Crippen molar-refractivity contribution >= 4 is 27.5 Å². The molecule has 0 aromatic heterocycles. The van der Waals surface area contributed by atoms with Crippen LogP contribution < -0.4 is 9.46 Å². The summed E-state index contributed by atoms with van der Waals surface area (Å²) in [5, 5.41) is 0.163. The first-order chi connectivity index (χ1) is 13.0. The summed E-state index contributed by atoms with van der Waals surface area (Å²) in [6.45, 7) is 1.98. The summed E-state index contributed by atoms with van der Waals surface area (Å²) >= 11 is 6.19. The van der Waals surface area contributed by atoms with Crippen LogP contribution in [0.5, 0.6) is 5.75 Å². The number of ether oxygens (including phenoxy) is 2. The quantitative estimate of drug-likeness (QED) is 0.768. The smallest absolute Gasteiger partial charge is 0.260 e. The zero-order valence-electron chi connectivity index (χ0n) is 15.2. The minimum Gasteiger partial charge on any atom is -0.482 e. The largest absolute Gasteiger partial charge is 0.482 e. The molecule has 150 valence electrons. The van der Waals surface area contributed by atoms with Gasteiger partial charge in [-0.1, -0.05) is 30.9 Å². The van der Waals surface area contributed by atoms with Crippen LogP contribution in [0, 0.1) is 0 Å². The Labute approximate surface area is 165 Å². The number of hydrogen-bond acceptors (Lipinski definition) is 5. The summed E-state index contributed by atoms with van der Waals surface area (Å²) in [7, 11) is -3.63. The number of amides is 1. The summed E-state index contributed by atoms with van der Waals surface area (Å²) in [5.74, 6) is 0.139. The van der Waals surface area contributed by atoms with E-state index in [1.54, 1.807) is 4.90 Å². The highest BCUT2D eigenvalue weighted by Crippen LogP contribution is 2.28. The fourth-order valence-corrected chi connectivity index (χ4v) is 4.95. The third-order valence-electron chi connectivity index (χ3n) is 4.86. The Morgan fingerprint density at radius 2 is 1.93 bits per heavy atom. The molecule has 1 aromatic rings. The van der Waals surface area contributed by atoms with Crippen LogP contribution >= 0.6 is 11.6 Å². The van der Waals surface area contributed by atoms with E-state index < -0.39 is 10.0 Å². The van der Waals surface area contributed by atoms with Crippen LogP contribution in [0.15, 0.2) is 23.1 Å². The zero-order valence-corrected chi connectivity index (χ0v) is 16.7. The first-order valence-corrected chi connectivity index (χ1v) is 11.1. The second kappa shape index (κ2) is 9.23. The van der Waals surface area contributed by atoms with Gasteiger partial charge in [0.15, 0.2) is 6.61 Å². The van der Waals surface area contributed by atoms with Crippen molar-refractivity contribution in [2.24, 2.45) is 0 Å². The highest BCUT2D eigenvalue weighted by atomic mass is 35.5. The lowest BCUT2D eigenvalue weighted by molar-refractivity contribution is -0.137. The van der Waals surface area contributed by atoms with Crippen LogP contribution in [0.2, 0.25) is 5.02 Å². The van der Waals surface area contributed by atoms with Crippen molar-refractivity contribution in [3.63, 3.8) is 0 Å². The fourth-order valence-electron chi connectivity index (χ4n) is 3.32. The summed E-state index contributed by atoms with van der Waals surface area (Å²) in [6, 6.07) is 4.28. The monoisotopic (exact) mass is 416 g/mol. The molecule has 1 saturated carbocycles. The minimum absolute atomic E-state index is 0.0235. The fraction of sp³-hybridized carbons (Fsp3) is 0.611. The van der Waals surface area contributed by atoms with E-state index in [1.165, 1.54) is 18.2 Å². The topological polar surface area (TPSA) is 84.9 Å². The summed E-state index contributed by atoms with van der Waals surface area (Å²) < 4.78 is 38.6. The molecule has 0 atom stereocenters. The maximum atomic E-state index is 12.6. The number of hydrogen-bond donors (Lipinski definition) is 1. The molecule has 0 unspecified atom stereocenters. The Kier molecular flexibility index (Phi) is 6.97. The molecule has 1 amide bonds. The van der Waals surface area contributed by atoms with Crippen LogP contribution in [-0.4, -0.2) is 58.2 Å². The van der Waals surface area contributed by atoms with Gasteiger partial charge in [-0.3, -0.25) is 4.79 Å². The molecule has 27 heavy (non-hydrogen) atoms. The normalized spacial score (nSPS) is 19.1. The predicted octanol–water partition coefficient (Wildman–Crippen LogP) is 2.19. The van der Waals surface area contributed by atoms with Gasteiger partial charge in [0.05, 0.1) is 23.1 Å². The third-order valence-corrected chi connectivity index (χ3v) is 6.67. The first kappa shape index (κ1) is 20.4. The van der Waals surface area contributed by atoms with Crippen molar-refractivity contribution in [2.75, 3.05) is 32.9 Å². The summed E-state index contributed by atoms with van der Waals surface area (Å²) in [6.07, 6.45) is 4.95. The maximum absolute atomic E-state index is 12.6. The molecule has 0 bridgehead atoms.